The maximum atomic E-state index is 12.5. The second kappa shape index (κ2) is 4.92. The summed E-state index contributed by atoms with van der Waals surface area (Å²) in [6, 6.07) is 0. The molecule has 0 bridgehead atoms. The molecule has 4 heteroatoms. The van der Waals surface area contributed by atoms with E-state index in [1.165, 1.54) is 0 Å². The molecule has 1 spiro atoms. The molecule has 2 saturated carbocycles. The van der Waals surface area contributed by atoms with E-state index in [0.29, 0.717) is 11.8 Å². The minimum absolute atomic E-state index is 0.137. The first-order valence-corrected chi connectivity index (χ1v) is 8.35. The quantitative estimate of drug-likeness (QED) is 0.597. The van der Waals surface area contributed by atoms with Crippen molar-refractivity contribution in [2.24, 2.45) is 17.3 Å². The van der Waals surface area contributed by atoms with E-state index in [4.69, 9.17) is 4.74 Å². The van der Waals surface area contributed by atoms with Crippen LogP contribution in [0.15, 0.2) is 11.1 Å². The lowest BCUT2D eigenvalue weighted by Crippen LogP contribution is -2.43. The standard InChI is InChI=1S/C18H26O4/c1-10-8-12-15(16(21)22-17(2,3)4)13(19)9-18(12)11(10)6-5-7-14(18)20/h10-11,14,20H,5-9H2,1-4H3/t10-,11+,14-,18+/m0/s1. The minimum atomic E-state index is -0.616. The Bertz CT molecular complexity index is 554. The highest BCUT2D eigenvalue weighted by molar-refractivity contribution is 6.20. The van der Waals surface area contributed by atoms with E-state index in [1.54, 1.807) is 20.8 Å². The molecule has 3 rings (SSSR count). The predicted octanol–water partition coefficient (Wildman–Crippen LogP) is 2.78. The number of aliphatic hydroxyl groups excluding tert-OH is 1. The summed E-state index contributed by atoms with van der Waals surface area (Å²) in [7, 11) is 0. The van der Waals surface area contributed by atoms with Crippen molar-refractivity contribution >= 4 is 11.8 Å². The third-order valence-electron chi connectivity index (χ3n) is 5.66. The maximum absolute atomic E-state index is 12.5. The van der Waals surface area contributed by atoms with Gasteiger partial charge in [-0.05, 0) is 57.4 Å². The van der Waals surface area contributed by atoms with Gasteiger partial charge in [-0.2, -0.15) is 0 Å². The van der Waals surface area contributed by atoms with Gasteiger partial charge in [-0.1, -0.05) is 13.3 Å². The topological polar surface area (TPSA) is 63.6 Å². The van der Waals surface area contributed by atoms with E-state index < -0.39 is 23.1 Å². The molecule has 0 heterocycles. The molecule has 4 atom stereocenters. The molecule has 0 aromatic heterocycles. The van der Waals surface area contributed by atoms with Crippen LogP contribution < -0.4 is 0 Å². The Balaban J connectivity index is 2.05. The van der Waals surface area contributed by atoms with E-state index in [-0.39, 0.29) is 17.8 Å². The number of carbonyl (C=O) groups is 2. The van der Waals surface area contributed by atoms with Crippen molar-refractivity contribution < 1.29 is 19.4 Å². The molecule has 22 heavy (non-hydrogen) atoms. The summed E-state index contributed by atoms with van der Waals surface area (Å²) >= 11 is 0. The number of Topliss-reactive ketones (excluding diaryl/α,β-unsaturated/α-hetero) is 1. The Morgan fingerprint density at radius 3 is 2.64 bits per heavy atom. The van der Waals surface area contributed by atoms with E-state index in [0.717, 1.165) is 31.3 Å². The van der Waals surface area contributed by atoms with Crippen molar-refractivity contribution in [2.45, 2.75) is 71.5 Å². The minimum Gasteiger partial charge on any atom is -0.456 e. The second-order valence-corrected chi connectivity index (χ2v) is 8.23. The lowest BCUT2D eigenvalue weighted by molar-refractivity contribution is -0.150. The van der Waals surface area contributed by atoms with Gasteiger partial charge in [0, 0.05) is 11.8 Å². The molecular formula is C18H26O4. The van der Waals surface area contributed by atoms with Gasteiger partial charge in [0.2, 0.25) is 0 Å². The van der Waals surface area contributed by atoms with Gasteiger partial charge < -0.3 is 9.84 Å². The zero-order valence-electron chi connectivity index (χ0n) is 13.9. The Morgan fingerprint density at radius 1 is 1.32 bits per heavy atom. The molecular weight excluding hydrogens is 280 g/mol. The van der Waals surface area contributed by atoms with Crippen LogP contribution in [0.3, 0.4) is 0 Å². The first-order chi connectivity index (χ1) is 10.2. The van der Waals surface area contributed by atoms with Crippen molar-refractivity contribution in [3.63, 3.8) is 0 Å². The normalized spacial score (nSPS) is 38.0. The highest BCUT2D eigenvalue weighted by atomic mass is 16.6. The zero-order chi connectivity index (χ0) is 16.3. The number of hydrogen-bond donors (Lipinski definition) is 1. The van der Waals surface area contributed by atoms with Crippen molar-refractivity contribution in [1.82, 2.24) is 0 Å². The van der Waals surface area contributed by atoms with Crippen molar-refractivity contribution in [2.75, 3.05) is 0 Å². The molecule has 3 aliphatic carbocycles. The van der Waals surface area contributed by atoms with Crippen molar-refractivity contribution in [3.8, 4) is 0 Å². The van der Waals surface area contributed by atoms with Crippen molar-refractivity contribution in [1.29, 1.82) is 0 Å². The summed E-state index contributed by atoms with van der Waals surface area (Å²) in [5, 5.41) is 10.7. The Kier molecular flexibility index (Phi) is 3.52. The van der Waals surface area contributed by atoms with Crippen LogP contribution in [0.2, 0.25) is 0 Å². The molecule has 0 radical (unpaired) electrons. The van der Waals surface area contributed by atoms with Crippen LogP contribution in [0.4, 0.5) is 0 Å². The number of ether oxygens (including phenoxy) is 1. The van der Waals surface area contributed by atoms with Gasteiger partial charge in [0.05, 0.1) is 6.10 Å². The molecule has 0 aromatic carbocycles. The van der Waals surface area contributed by atoms with Crippen LogP contribution in [-0.2, 0) is 14.3 Å². The Hall–Kier alpha value is -1.16. The number of aliphatic hydroxyl groups is 1. The van der Waals surface area contributed by atoms with Gasteiger partial charge in [0.15, 0.2) is 5.78 Å². The van der Waals surface area contributed by atoms with Crippen LogP contribution >= 0.6 is 0 Å². The van der Waals surface area contributed by atoms with Crippen LogP contribution in [0.5, 0.6) is 0 Å². The third-order valence-corrected chi connectivity index (χ3v) is 5.66. The third kappa shape index (κ3) is 2.15. The van der Waals surface area contributed by atoms with Crippen LogP contribution in [0, 0.1) is 17.3 Å². The highest BCUT2D eigenvalue weighted by Crippen LogP contribution is 2.63. The summed E-state index contributed by atoms with van der Waals surface area (Å²) in [5.74, 6) is 0.0859. The molecule has 4 nitrogen and oxygen atoms in total. The lowest BCUT2D eigenvalue weighted by atomic mass is 9.63. The number of esters is 1. The fraction of sp³-hybridized carbons (Fsp3) is 0.778. The van der Waals surface area contributed by atoms with Crippen molar-refractivity contribution in [3.05, 3.63) is 11.1 Å². The highest BCUT2D eigenvalue weighted by Gasteiger charge is 2.62. The summed E-state index contributed by atoms with van der Waals surface area (Å²) in [4.78, 5) is 25.1. The summed E-state index contributed by atoms with van der Waals surface area (Å²) in [6.45, 7) is 7.59. The monoisotopic (exact) mass is 306 g/mol. The molecule has 0 aromatic rings. The second-order valence-electron chi connectivity index (χ2n) is 8.23. The van der Waals surface area contributed by atoms with E-state index in [1.807, 2.05) is 0 Å². The molecule has 1 N–H and O–H groups in total. The molecule has 3 aliphatic rings. The zero-order valence-corrected chi connectivity index (χ0v) is 13.9. The average molecular weight is 306 g/mol. The molecule has 0 amide bonds. The van der Waals surface area contributed by atoms with Gasteiger partial charge >= 0.3 is 5.97 Å². The van der Waals surface area contributed by atoms with Crippen LogP contribution in [0.1, 0.15) is 59.8 Å². The SMILES string of the molecule is C[C@H]1CC2=C(C(=O)OC(C)(C)C)C(=O)C[C@@]23[C@@H]1CCC[C@@H]3O. The largest absolute Gasteiger partial charge is 0.456 e. The number of carbonyl (C=O) groups excluding carboxylic acids is 2. The smallest absolute Gasteiger partial charge is 0.342 e. The maximum Gasteiger partial charge on any atom is 0.342 e. The molecule has 0 unspecified atom stereocenters. The van der Waals surface area contributed by atoms with Gasteiger partial charge in [0.1, 0.15) is 11.2 Å². The number of hydrogen-bond acceptors (Lipinski definition) is 4. The fourth-order valence-electron chi connectivity index (χ4n) is 4.94. The predicted molar refractivity (Wildman–Crippen MR) is 82.1 cm³/mol. The Labute approximate surface area is 131 Å². The first kappa shape index (κ1) is 15.7. The van der Waals surface area contributed by atoms with E-state index in [2.05, 4.69) is 6.92 Å². The van der Waals surface area contributed by atoms with Gasteiger partial charge in [0.25, 0.3) is 0 Å². The van der Waals surface area contributed by atoms with Crippen LogP contribution in [0.25, 0.3) is 0 Å². The summed E-state index contributed by atoms with van der Waals surface area (Å²) < 4.78 is 5.45. The number of rotatable bonds is 1. The number of ketones is 1. The van der Waals surface area contributed by atoms with Gasteiger partial charge in [-0.25, -0.2) is 4.79 Å². The van der Waals surface area contributed by atoms with E-state index in [9.17, 15) is 14.7 Å². The molecule has 2 fully saturated rings. The molecule has 0 saturated heterocycles. The lowest BCUT2D eigenvalue weighted by Gasteiger charge is -2.43. The van der Waals surface area contributed by atoms with Gasteiger partial charge in [-0.3, -0.25) is 4.79 Å². The molecule has 0 aliphatic heterocycles. The molecule has 122 valence electrons. The van der Waals surface area contributed by atoms with E-state index >= 15 is 0 Å². The first-order valence-electron chi connectivity index (χ1n) is 8.35. The summed E-state index contributed by atoms with van der Waals surface area (Å²) in [5.41, 5.74) is 0.0258. The summed E-state index contributed by atoms with van der Waals surface area (Å²) in [6.07, 6.45) is 3.28. The van der Waals surface area contributed by atoms with Gasteiger partial charge in [-0.15, -0.1) is 0 Å². The average Bonchev–Trinajstić information content (AvgIpc) is 2.78. The Morgan fingerprint density at radius 2 is 2.00 bits per heavy atom. The fourth-order valence-corrected chi connectivity index (χ4v) is 4.94. The van der Waals surface area contributed by atoms with Crippen LogP contribution in [-0.4, -0.2) is 28.6 Å².